The Kier molecular flexibility index (Phi) is 12.7. The van der Waals surface area contributed by atoms with Crippen molar-refractivity contribution in [1.82, 2.24) is 19.8 Å². The van der Waals surface area contributed by atoms with Gasteiger partial charge in [0, 0.05) is 43.3 Å². The van der Waals surface area contributed by atoms with Gasteiger partial charge in [-0.05, 0) is 62.6 Å². The average molecular weight is 538 g/mol. The van der Waals surface area contributed by atoms with Crippen molar-refractivity contribution in [2.24, 2.45) is 0 Å². The van der Waals surface area contributed by atoms with Crippen molar-refractivity contribution in [2.75, 3.05) is 49.2 Å². The number of hydrogen-bond donors (Lipinski definition) is 3. The van der Waals surface area contributed by atoms with Crippen LogP contribution in [-0.2, 0) is 9.59 Å². The van der Waals surface area contributed by atoms with Gasteiger partial charge < -0.3 is 20.4 Å². The van der Waals surface area contributed by atoms with E-state index in [4.69, 9.17) is 5.26 Å². The molecule has 202 valence electrons. The topological polar surface area (TPSA) is 122 Å². The van der Waals surface area contributed by atoms with Crippen LogP contribution in [0.1, 0.15) is 31.1 Å². The summed E-state index contributed by atoms with van der Waals surface area (Å²) in [4.78, 5) is 39.3. The molecule has 0 bridgehead atoms. The SMILES string of the molecule is C=CNc1ccc(C(=O)NCCN(CC)CC)cc1.CCN1C(=O)CS/C1=C(/C#N)C(=O)Nn1cccc1. The summed E-state index contributed by atoms with van der Waals surface area (Å²) in [5.41, 5.74) is 4.12. The molecule has 0 spiro atoms. The minimum atomic E-state index is -0.519. The molecule has 0 aliphatic carbocycles. The van der Waals surface area contributed by atoms with Crippen LogP contribution >= 0.6 is 11.8 Å². The highest BCUT2D eigenvalue weighted by Gasteiger charge is 2.30. The summed E-state index contributed by atoms with van der Waals surface area (Å²) in [6, 6.07) is 12.7. The number of thioether (sulfide) groups is 1. The highest BCUT2D eigenvalue weighted by Crippen LogP contribution is 2.31. The molecule has 3 rings (SSSR count). The van der Waals surface area contributed by atoms with Crippen LogP contribution in [0.5, 0.6) is 0 Å². The molecule has 10 nitrogen and oxygen atoms in total. The number of nitriles is 1. The monoisotopic (exact) mass is 537 g/mol. The smallest absolute Gasteiger partial charge is 0.283 e. The molecule has 0 radical (unpaired) electrons. The number of anilines is 1. The number of likely N-dealkylation sites (N-methyl/N-ethyl adjacent to an activating group) is 1. The number of hydrogen-bond acceptors (Lipinski definition) is 7. The van der Waals surface area contributed by atoms with E-state index in [2.05, 4.69) is 41.4 Å². The van der Waals surface area contributed by atoms with Crippen LogP contribution in [-0.4, -0.2) is 70.7 Å². The Labute approximate surface area is 228 Å². The largest absolute Gasteiger partial charge is 0.362 e. The second kappa shape index (κ2) is 16.0. The number of carbonyl (C=O) groups is 3. The zero-order chi connectivity index (χ0) is 27.9. The van der Waals surface area contributed by atoms with Crippen molar-refractivity contribution < 1.29 is 14.4 Å². The van der Waals surface area contributed by atoms with Crippen LogP contribution in [0.15, 0.2) is 72.2 Å². The van der Waals surface area contributed by atoms with Crippen LogP contribution in [0.2, 0.25) is 0 Å². The van der Waals surface area contributed by atoms with E-state index in [1.165, 1.54) is 21.3 Å². The maximum atomic E-state index is 12.0. The normalized spacial score (nSPS) is 13.8. The van der Waals surface area contributed by atoms with Gasteiger partial charge in [-0.2, -0.15) is 5.26 Å². The van der Waals surface area contributed by atoms with Gasteiger partial charge in [-0.3, -0.25) is 24.5 Å². The maximum absolute atomic E-state index is 12.0. The van der Waals surface area contributed by atoms with Crippen LogP contribution in [0, 0.1) is 11.3 Å². The summed E-state index contributed by atoms with van der Waals surface area (Å²) in [5.74, 6) is -0.360. The van der Waals surface area contributed by atoms with E-state index < -0.39 is 5.91 Å². The number of benzene rings is 1. The first-order valence-corrected chi connectivity index (χ1v) is 13.4. The Hall–Kier alpha value is -4.01. The number of nitrogens with zero attached hydrogens (tertiary/aromatic N) is 4. The molecule has 3 N–H and O–H groups in total. The molecule has 2 aromatic rings. The fourth-order valence-electron chi connectivity index (χ4n) is 3.51. The lowest BCUT2D eigenvalue weighted by Crippen LogP contribution is -2.34. The summed E-state index contributed by atoms with van der Waals surface area (Å²) in [5, 5.41) is 15.5. The first kappa shape index (κ1) is 30.2. The molecule has 1 aromatic carbocycles. The Bertz CT molecular complexity index is 1150. The van der Waals surface area contributed by atoms with Gasteiger partial charge in [0.05, 0.1) is 5.75 Å². The van der Waals surface area contributed by atoms with Crippen LogP contribution in [0.4, 0.5) is 5.69 Å². The van der Waals surface area contributed by atoms with Gasteiger partial charge in [-0.25, -0.2) is 0 Å². The fourth-order valence-corrected chi connectivity index (χ4v) is 4.59. The molecule has 1 aliphatic heterocycles. The summed E-state index contributed by atoms with van der Waals surface area (Å²) in [6.45, 7) is 13.7. The maximum Gasteiger partial charge on any atom is 0.283 e. The highest BCUT2D eigenvalue weighted by molar-refractivity contribution is 8.04. The zero-order valence-corrected chi connectivity index (χ0v) is 22.9. The molecule has 0 atom stereocenters. The Morgan fingerprint density at radius 3 is 2.37 bits per heavy atom. The summed E-state index contributed by atoms with van der Waals surface area (Å²) >= 11 is 1.22. The minimum Gasteiger partial charge on any atom is -0.362 e. The van der Waals surface area contributed by atoms with Crippen LogP contribution < -0.4 is 16.1 Å². The molecule has 3 amide bonds. The Morgan fingerprint density at radius 2 is 1.82 bits per heavy atom. The molecule has 1 fully saturated rings. The first-order chi connectivity index (χ1) is 18.4. The molecular weight excluding hydrogens is 502 g/mol. The standard InChI is InChI=1S/C15H23N3O.C12H12N4O2S/c1-4-16-14-9-7-13(8-10-14)15(19)17-11-12-18(5-2)6-3;1-2-16-10(17)8-19-12(16)9(7-13)11(18)14-15-5-3-4-6-15/h4,7-10,16H,1,5-6,11-12H2,2-3H3,(H,17,19);3-6H,2,8H2,1H3,(H,14,18)/b;12-9-. The first-order valence-electron chi connectivity index (χ1n) is 12.4. The lowest BCUT2D eigenvalue weighted by molar-refractivity contribution is -0.125. The number of amides is 3. The number of carbonyl (C=O) groups excluding carboxylic acids is 3. The predicted molar refractivity (Wildman–Crippen MR) is 152 cm³/mol. The lowest BCUT2D eigenvalue weighted by Gasteiger charge is -2.17. The van der Waals surface area contributed by atoms with Crippen molar-refractivity contribution >= 4 is 35.2 Å². The Morgan fingerprint density at radius 1 is 1.16 bits per heavy atom. The van der Waals surface area contributed by atoms with Crippen molar-refractivity contribution in [3.63, 3.8) is 0 Å². The number of nitrogens with one attached hydrogen (secondary N) is 3. The van der Waals surface area contributed by atoms with Gasteiger partial charge in [0.15, 0.2) is 0 Å². The van der Waals surface area contributed by atoms with Crippen molar-refractivity contribution in [2.45, 2.75) is 20.8 Å². The fraction of sp³-hybridized carbons (Fsp3) is 0.333. The third kappa shape index (κ3) is 8.83. The molecule has 11 heteroatoms. The average Bonchev–Trinajstić information content (AvgIpc) is 3.57. The van der Waals surface area contributed by atoms with Crippen molar-refractivity contribution in [1.29, 1.82) is 5.26 Å². The summed E-state index contributed by atoms with van der Waals surface area (Å²) in [7, 11) is 0. The minimum absolute atomic E-state index is 0.0303. The molecule has 1 aromatic heterocycles. The van der Waals surface area contributed by atoms with E-state index in [-0.39, 0.29) is 23.1 Å². The van der Waals surface area contributed by atoms with Crippen molar-refractivity contribution in [3.8, 4) is 6.07 Å². The molecule has 0 unspecified atom stereocenters. The molecule has 38 heavy (non-hydrogen) atoms. The third-order valence-corrected chi connectivity index (χ3v) is 6.70. The molecule has 1 aliphatic rings. The summed E-state index contributed by atoms with van der Waals surface area (Å²) < 4.78 is 1.46. The van der Waals surface area contributed by atoms with E-state index in [1.807, 2.05) is 25.1 Å². The second-order valence-electron chi connectivity index (χ2n) is 7.96. The van der Waals surface area contributed by atoms with E-state index in [1.54, 1.807) is 42.9 Å². The van der Waals surface area contributed by atoms with Gasteiger partial charge in [0.1, 0.15) is 16.7 Å². The highest BCUT2D eigenvalue weighted by atomic mass is 32.2. The van der Waals surface area contributed by atoms with E-state index in [0.29, 0.717) is 23.7 Å². The van der Waals surface area contributed by atoms with Gasteiger partial charge >= 0.3 is 0 Å². The van der Waals surface area contributed by atoms with E-state index >= 15 is 0 Å². The Balaban J connectivity index is 0.000000267. The predicted octanol–water partition coefficient (Wildman–Crippen LogP) is 3.20. The number of rotatable bonds is 11. The lowest BCUT2D eigenvalue weighted by atomic mass is 10.2. The van der Waals surface area contributed by atoms with Gasteiger partial charge in [-0.1, -0.05) is 32.2 Å². The quantitative estimate of drug-likeness (QED) is 0.297. The van der Waals surface area contributed by atoms with E-state index in [0.717, 1.165) is 25.3 Å². The van der Waals surface area contributed by atoms with E-state index in [9.17, 15) is 14.4 Å². The van der Waals surface area contributed by atoms with Crippen LogP contribution in [0.25, 0.3) is 0 Å². The van der Waals surface area contributed by atoms with Gasteiger partial charge in [0.2, 0.25) is 5.91 Å². The second-order valence-corrected chi connectivity index (χ2v) is 8.92. The van der Waals surface area contributed by atoms with Crippen molar-refractivity contribution in [3.05, 3.63) is 77.7 Å². The molecular formula is C27H35N7O3S. The molecule has 0 saturated carbocycles. The zero-order valence-electron chi connectivity index (χ0n) is 22.1. The van der Waals surface area contributed by atoms with Gasteiger partial charge in [-0.15, -0.1) is 0 Å². The third-order valence-electron chi connectivity index (χ3n) is 5.61. The van der Waals surface area contributed by atoms with Gasteiger partial charge in [0.25, 0.3) is 11.8 Å². The molecule has 2 heterocycles. The number of aromatic nitrogens is 1. The van der Waals surface area contributed by atoms with Crippen LogP contribution in [0.3, 0.4) is 0 Å². The summed E-state index contributed by atoms with van der Waals surface area (Å²) in [6.07, 6.45) is 4.92. The molecule has 1 saturated heterocycles.